The molecule has 0 heterocycles. The van der Waals surface area contributed by atoms with Crippen molar-refractivity contribution >= 4 is 6.08 Å². The highest BCUT2D eigenvalue weighted by Gasteiger charge is 1.92. The van der Waals surface area contributed by atoms with E-state index in [1.54, 1.807) is 18.2 Å². The van der Waals surface area contributed by atoms with Crippen LogP contribution in [0.3, 0.4) is 0 Å². The van der Waals surface area contributed by atoms with E-state index in [0.29, 0.717) is 5.75 Å². The van der Waals surface area contributed by atoms with Gasteiger partial charge in [0, 0.05) is 0 Å². The Hall–Kier alpha value is -2.50. The second kappa shape index (κ2) is 7.05. The second-order valence-corrected chi connectivity index (χ2v) is 3.88. The van der Waals surface area contributed by atoms with Gasteiger partial charge >= 0.3 is 0 Å². The lowest BCUT2D eigenvalue weighted by molar-refractivity contribution is 0.280. The molecule has 0 aromatic heterocycles. The zero-order valence-electron chi connectivity index (χ0n) is 10.4. The molecule has 0 aliphatic rings. The Balaban J connectivity index is 1.88. The molecule has 0 aliphatic heterocycles. The standard InChI is InChI=1S/C17H14O2/c18-16(12-11-15-7-3-1-4-8-15)13-14-19-17-9-5-2-6-10-17/h1-12,16,18H/b12-11+. The van der Waals surface area contributed by atoms with Crippen LogP contribution in [0.5, 0.6) is 5.75 Å². The van der Waals surface area contributed by atoms with Crippen LogP contribution in [-0.2, 0) is 0 Å². The van der Waals surface area contributed by atoms with E-state index in [1.807, 2.05) is 54.6 Å². The third-order valence-electron chi connectivity index (χ3n) is 2.39. The predicted molar refractivity (Wildman–Crippen MR) is 76.3 cm³/mol. The van der Waals surface area contributed by atoms with Crippen molar-refractivity contribution in [2.75, 3.05) is 0 Å². The molecular formula is C17H14O2. The van der Waals surface area contributed by atoms with Crippen LogP contribution in [0, 0.1) is 12.0 Å². The van der Waals surface area contributed by atoms with E-state index >= 15 is 0 Å². The summed E-state index contributed by atoms with van der Waals surface area (Å²) in [5.41, 5.74) is 1.02. The number of aliphatic hydroxyl groups excluding tert-OH is 1. The predicted octanol–water partition coefficient (Wildman–Crippen LogP) is 3.10. The second-order valence-electron chi connectivity index (χ2n) is 3.88. The molecule has 0 aliphatic carbocycles. The van der Waals surface area contributed by atoms with Crippen molar-refractivity contribution in [2.45, 2.75) is 6.10 Å². The minimum absolute atomic E-state index is 0.661. The molecule has 2 heteroatoms. The van der Waals surface area contributed by atoms with E-state index in [9.17, 15) is 5.11 Å². The zero-order chi connectivity index (χ0) is 13.3. The number of ether oxygens (including phenoxy) is 1. The number of hydrogen-bond acceptors (Lipinski definition) is 2. The summed E-state index contributed by atoms with van der Waals surface area (Å²) < 4.78 is 5.17. The Morgan fingerprint density at radius 3 is 2.26 bits per heavy atom. The van der Waals surface area contributed by atoms with Gasteiger partial charge in [0.1, 0.15) is 18.0 Å². The Morgan fingerprint density at radius 1 is 0.947 bits per heavy atom. The quantitative estimate of drug-likeness (QED) is 0.848. The van der Waals surface area contributed by atoms with Gasteiger partial charge in [0.15, 0.2) is 0 Å². The minimum atomic E-state index is -0.844. The van der Waals surface area contributed by atoms with Crippen molar-refractivity contribution in [3.8, 4) is 17.8 Å². The first-order chi connectivity index (χ1) is 9.34. The van der Waals surface area contributed by atoms with Crippen LogP contribution in [-0.4, -0.2) is 11.2 Å². The number of aliphatic hydroxyl groups is 1. The Bertz CT molecular complexity index is 577. The molecule has 2 aromatic rings. The number of hydrogen-bond donors (Lipinski definition) is 1. The van der Waals surface area contributed by atoms with Gasteiger partial charge in [-0.3, -0.25) is 0 Å². The fourth-order valence-electron chi connectivity index (χ4n) is 1.45. The Labute approximate surface area is 113 Å². The van der Waals surface area contributed by atoms with E-state index in [0.717, 1.165) is 5.56 Å². The van der Waals surface area contributed by atoms with Gasteiger partial charge in [-0.1, -0.05) is 54.6 Å². The molecule has 0 spiro atoms. The van der Waals surface area contributed by atoms with Crippen LogP contribution >= 0.6 is 0 Å². The molecule has 2 nitrogen and oxygen atoms in total. The van der Waals surface area contributed by atoms with Gasteiger partial charge in [-0.25, -0.2) is 0 Å². The molecule has 2 rings (SSSR count). The summed E-state index contributed by atoms with van der Waals surface area (Å²) in [6.07, 6.45) is 5.09. The van der Waals surface area contributed by atoms with E-state index in [4.69, 9.17) is 4.74 Å². The summed E-state index contributed by atoms with van der Waals surface area (Å²) >= 11 is 0. The first-order valence-corrected chi connectivity index (χ1v) is 5.98. The molecule has 1 N–H and O–H groups in total. The van der Waals surface area contributed by atoms with E-state index in [1.165, 1.54) is 0 Å². The van der Waals surface area contributed by atoms with Crippen LogP contribution in [0.2, 0.25) is 0 Å². The van der Waals surface area contributed by atoms with Crippen LogP contribution in [0.1, 0.15) is 5.56 Å². The van der Waals surface area contributed by atoms with Crippen molar-refractivity contribution in [1.29, 1.82) is 0 Å². The highest BCUT2D eigenvalue weighted by Crippen LogP contribution is 2.07. The first-order valence-electron chi connectivity index (χ1n) is 5.98. The van der Waals surface area contributed by atoms with Gasteiger partial charge in [-0.15, -0.1) is 0 Å². The Kier molecular flexibility index (Phi) is 4.80. The maximum Gasteiger partial charge on any atom is 0.140 e. The molecule has 0 saturated heterocycles. The fraction of sp³-hybridized carbons (Fsp3) is 0.0588. The smallest absolute Gasteiger partial charge is 0.140 e. The van der Waals surface area contributed by atoms with Crippen molar-refractivity contribution in [2.24, 2.45) is 0 Å². The largest absolute Gasteiger partial charge is 0.407 e. The van der Waals surface area contributed by atoms with E-state index in [2.05, 4.69) is 12.0 Å². The summed E-state index contributed by atoms with van der Waals surface area (Å²) in [5.74, 6) is 3.26. The molecule has 0 saturated carbocycles. The minimum Gasteiger partial charge on any atom is -0.407 e. The van der Waals surface area contributed by atoms with Crippen LogP contribution in [0.15, 0.2) is 66.7 Å². The van der Waals surface area contributed by atoms with Gasteiger partial charge in [0.2, 0.25) is 0 Å². The lowest BCUT2D eigenvalue weighted by atomic mass is 10.2. The third kappa shape index (κ3) is 4.71. The maximum absolute atomic E-state index is 9.65. The summed E-state index contributed by atoms with van der Waals surface area (Å²) in [4.78, 5) is 0. The lowest BCUT2D eigenvalue weighted by Gasteiger charge is -1.96. The molecule has 19 heavy (non-hydrogen) atoms. The Morgan fingerprint density at radius 2 is 1.58 bits per heavy atom. The van der Waals surface area contributed by atoms with Gasteiger partial charge in [0.05, 0.1) is 0 Å². The maximum atomic E-state index is 9.65. The third-order valence-corrected chi connectivity index (χ3v) is 2.39. The monoisotopic (exact) mass is 250 g/mol. The first kappa shape index (κ1) is 12.9. The molecule has 0 fully saturated rings. The molecule has 1 unspecified atom stereocenters. The fourth-order valence-corrected chi connectivity index (χ4v) is 1.45. The topological polar surface area (TPSA) is 29.5 Å². The molecule has 94 valence electrons. The number of benzene rings is 2. The molecular weight excluding hydrogens is 236 g/mol. The van der Waals surface area contributed by atoms with Gasteiger partial charge in [0.25, 0.3) is 0 Å². The van der Waals surface area contributed by atoms with Crippen molar-refractivity contribution < 1.29 is 9.84 Å². The van der Waals surface area contributed by atoms with Gasteiger partial charge < -0.3 is 9.84 Å². The number of rotatable bonds is 3. The average molecular weight is 250 g/mol. The molecule has 0 amide bonds. The van der Waals surface area contributed by atoms with Crippen LogP contribution < -0.4 is 4.74 Å². The summed E-state index contributed by atoms with van der Waals surface area (Å²) in [6.45, 7) is 0. The highest BCUT2D eigenvalue weighted by molar-refractivity contribution is 5.50. The van der Waals surface area contributed by atoms with E-state index in [-0.39, 0.29) is 0 Å². The summed E-state index contributed by atoms with van der Waals surface area (Å²) in [6, 6.07) is 19.0. The lowest BCUT2D eigenvalue weighted by Crippen LogP contribution is -1.97. The molecule has 2 aromatic carbocycles. The summed E-state index contributed by atoms with van der Waals surface area (Å²) in [5, 5.41) is 9.65. The highest BCUT2D eigenvalue weighted by atomic mass is 16.5. The van der Waals surface area contributed by atoms with E-state index < -0.39 is 6.10 Å². The molecule has 0 bridgehead atoms. The molecule has 1 atom stereocenters. The number of para-hydroxylation sites is 1. The van der Waals surface area contributed by atoms with Crippen molar-refractivity contribution in [3.05, 3.63) is 72.3 Å². The normalized spacial score (nSPS) is 11.6. The SMILES string of the molecule is OC(C#COc1ccccc1)/C=C/c1ccccc1. The summed E-state index contributed by atoms with van der Waals surface area (Å²) in [7, 11) is 0. The molecule has 0 radical (unpaired) electrons. The van der Waals surface area contributed by atoms with Crippen LogP contribution in [0.25, 0.3) is 6.08 Å². The average Bonchev–Trinajstić information content (AvgIpc) is 2.47. The van der Waals surface area contributed by atoms with Crippen molar-refractivity contribution in [1.82, 2.24) is 0 Å². The van der Waals surface area contributed by atoms with Crippen LogP contribution in [0.4, 0.5) is 0 Å². The van der Waals surface area contributed by atoms with Crippen molar-refractivity contribution in [3.63, 3.8) is 0 Å². The van der Waals surface area contributed by atoms with Gasteiger partial charge in [-0.2, -0.15) is 0 Å². The zero-order valence-corrected chi connectivity index (χ0v) is 10.4. The van der Waals surface area contributed by atoms with Gasteiger partial charge in [-0.05, 0) is 29.7 Å².